The first-order valence-corrected chi connectivity index (χ1v) is 9.73. The van der Waals surface area contributed by atoms with Gasteiger partial charge in [-0.25, -0.2) is 4.98 Å². The van der Waals surface area contributed by atoms with E-state index in [2.05, 4.69) is 55.9 Å². The van der Waals surface area contributed by atoms with E-state index in [1.807, 2.05) is 54.6 Å². The lowest BCUT2D eigenvalue weighted by atomic mass is 9.99. The smallest absolute Gasteiger partial charge is 0.204 e. The molecule has 1 N–H and O–H groups in total. The number of nitrogens with zero attached hydrogens (tertiary/aromatic N) is 4. The highest BCUT2D eigenvalue weighted by molar-refractivity contribution is 5.78. The highest BCUT2D eigenvalue weighted by atomic mass is 16.5. The number of tetrazole rings is 1. The Morgan fingerprint density at radius 3 is 2.50 bits per heavy atom. The van der Waals surface area contributed by atoms with Gasteiger partial charge in [-0.2, -0.15) is 5.21 Å². The third-order valence-corrected chi connectivity index (χ3v) is 4.96. The quantitative estimate of drug-likeness (QED) is 0.457. The number of fused-ring (bicyclic) bond motifs is 1. The van der Waals surface area contributed by atoms with E-state index in [-0.39, 0.29) is 0 Å². The van der Waals surface area contributed by atoms with Crippen molar-refractivity contribution in [2.75, 3.05) is 0 Å². The second kappa shape index (κ2) is 8.13. The van der Waals surface area contributed by atoms with Gasteiger partial charge in [0.25, 0.3) is 0 Å². The highest BCUT2D eigenvalue weighted by Crippen LogP contribution is 2.23. The van der Waals surface area contributed by atoms with Crippen LogP contribution in [0.2, 0.25) is 0 Å². The molecule has 0 spiro atoms. The number of ether oxygens (including phenoxy) is 1. The summed E-state index contributed by atoms with van der Waals surface area (Å²) in [5, 5.41) is 15.5. The Hall–Kier alpha value is -4.06. The molecule has 5 rings (SSSR count). The maximum atomic E-state index is 5.93. The van der Waals surface area contributed by atoms with Crippen LogP contribution >= 0.6 is 0 Å². The van der Waals surface area contributed by atoms with Crippen molar-refractivity contribution in [1.82, 2.24) is 25.6 Å². The summed E-state index contributed by atoms with van der Waals surface area (Å²) >= 11 is 0. The van der Waals surface area contributed by atoms with Gasteiger partial charge in [-0.05, 0) is 47.0 Å². The molecule has 146 valence electrons. The summed E-state index contributed by atoms with van der Waals surface area (Å²) in [6.45, 7) is 0.435. The van der Waals surface area contributed by atoms with Crippen molar-refractivity contribution in [3.63, 3.8) is 0 Å². The summed E-state index contributed by atoms with van der Waals surface area (Å²) in [6.07, 6.45) is 0.775. The zero-order chi connectivity index (χ0) is 20.2. The number of nitrogens with one attached hydrogen (secondary N) is 1. The molecule has 0 fully saturated rings. The van der Waals surface area contributed by atoms with E-state index < -0.39 is 0 Å². The van der Waals surface area contributed by atoms with Crippen LogP contribution in [0.4, 0.5) is 0 Å². The number of hydrogen-bond acceptors (Lipinski definition) is 5. The Morgan fingerprint density at radius 2 is 1.63 bits per heavy atom. The van der Waals surface area contributed by atoms with E-state index in [4.69, 9.17) is 4.74 Å². The molecule has 0 aliphatic rings. The number of benzene rings is 3. The molecule has 2 aromatic heterocycles. The lowest BCUT2D eigenvalue weighted by molar-refractivity contribution is 0.301. The molecule has 0 aliphatic heterocycles. The Bertz CT molecular complexity index is 1270. The average molecular weight is 393 g/mol. The van der Waals surface area contributed by atoms with E-state index in [0.717, 1.165) is 39.9 Å². The lowest BCUT2D eigenvalue weighted by Gasteiger charge is -2.09. The summed E-state index contributed by atoms with van der Waals surface area (Å²) < 4.78 is 5.93. The van der Waals surface area contributed by atoms with Crippen molar-refractivity contribution in [2.45, 2.75) is 13.0 Å². The molecule has 0 unspecified atom stereocenters. The van der Waals surface area contributed by atoms with Gasteiger partial charge in [0.05, 0.1) is 11.2 Å². The first kappa shape index (κ1) is 18.0. The summed E-state index contributed by atoms with van der Waals surface area (Å²) in [4.78, 5) is 4.65. The van der Waals surface area contributed by atoms with Crippen LogP contribution in [0.3, 0.4) is 0 Å². The summed E-state index contributed by atoms with van der Waals surface area (Å²) in [7, 11) is 0. The first-order chi connectivity index (χ1) is 14.8. The van der Waals surface area contributed by atoms with Crippen molar-refractivity contribution in [3.8, 4) is 17.1 Å². The number of aromatic nitrogens is 5. The van der Waals surface area contributed by atoms with Crippen LogP contribution in [0, 0.1) is 0 Å². The van der Waals surface area contributed by atoms with E-state index in [1.54, 1.807) is 0 Å². The molecule has 0 amide bonds. The van der Waals surface area contributed by atoms with Gasteiger partial charge in [-0.3, -0.25) is 0 Å². The molecular formula is C24H19N5O. The van der Waals surface area contributed by atoms with E-state index >= 15 is 0 Å². The SMILES string of the molecule is c1ccc(-c2nn[nH]n2)c(Cc2ccc(OCc3ccc4ccccc4n3)cc2)c1. The number of pyridine rings is 1. The fraction of sp³-hybridized carbons (Fsp3) is 0.0833. The summed E-state index contributed by atoms with van der Waals surface area (Å²) in [5.74, 6) is 1.42. The average Bonchev–Trinajstić information content (AvgIpc) is 3.34. The predicted molar refractivity (Wildman–Crippen MR) is 115 cm³/mol. The standard InChI is InChI=1S/C24H19N5O/c1-3-7-22(24-26-28-29-27-24)19(6-1)15-17-9-13-21(14-10-17)30-16-20-12-11-18-5-2-4-8-23(18)25-20/h1-14H,15-16H2,(H,26,27,28,29). The van der Waals surface area contributed by atoms with Crippen LogP contribution in [-0.4, -0.2) is 25.6 Å². The molecule has 2 heterocycles. The van der Waals surface area contributed by atoms with Crippen LogP contribution in [0.15, 0.2) is 84.9 Å². The van der Waals surface area contributed by atoms with Crippen molar-refractivity contribution in [1.29, 1.82) is 0 Å². The normalized spacial score (nSPS) is 10.9. The lowest BCUT2D eigenvalue weighted by Crippen LogP contribution is -1.99. The molecule has 6 heteroatoms. The molecule has 30 heavy (non-hydrogen) atoms. The first-order valence-electron chi connectivity index (χ1n) is 9.73. The molecular weight excluding hydrogens is 374 g/mol. The van der Waals surface area contributed by atoms with Crippen LogP contribution in [0.1, 0.15) is 16.8 Å². The Kier molecular flexibility index (Phi) is 4.88. The van der Waals surface area contributed by atoms with Crippen molar-refractivity contribution in [2.24, 2.45) is 0 Å². The van der Waals surface area contributed by atoms with Crippen LogP contribution < -0.4 is 4.74 Å². The van der Waals surface area contributed by atoms with Crippen LogP contribution in [0.5, 0.6) is 5.75 Å². The molecule has 0 aliphatic carbocycles. The molecule has 0 saturated carbocycles. The molecule has 0 radical (unpaired) electrons. The third-order valence-electron chi connectivity index (χ3n) is 4.96. The van der Waals surface area contributed by atoms with Gasteiger partial charge >= 0.3 is 0 Å². The Balaban J connectivity index is 1.27. The summed E-state index contributed by atoms with van der Waals surface area (Å²) in [5.41, 5.74) is 5.20. The Labute approximate surface area is 173 Å². The maximum Gasteiger partial charge on any atom is 0.204 e. The summed E-state index contributed by atoms with van der Waals surface area (Å²) in [6, 6.07) is 28.4. The topological polar surface area (TPSA) is 76.6 Å². The van der Waals surface area contributed by atoms with Gasteiger partial charge in [0.2, 0.25) is 5.82 Å². The van der Waals surface area contributed by atoms with Gasteiger partial charge in [-0.1, -0.05) is 60.7 Å². The van der Waals surface area contributed by atoms with Gasteiger partial charge in [0.1, 0.15) is 12.4 Å². The maximum absolute atomic E-state index is 5.93. The number of aromatic amines is 1. The minimum Gasteiger partial charge on any atom is -0.487 e. The molecule has 5 aromatic rings. The number of H-pyrrole nitrogens is 1. The monoisotopic (exact) mass is 393 g/mol. The van der Waals surface area contributed by atoms with Crippen LogP contribution in [-0.2, 0) is 13.0 Å². The van der Waals surface area contributed by atoms with E-state index in [9.17, 15) is 0 Å². The second-order valence-corrected chi connectivity index (χ2v) is 7.00. The van der Waals surface area contributed by atoms with Crippen LogP contribution in [0.25, 0.3) is 22.3 Å². The minimum atomic E-state index is 0.435. The molecule has 0 atom stereocenters. The van der Waals surface area contributed by atoms with Crippen molar-refractivity contribution in [3.05, 3.63) is 102 Å². The largest absolute Gasteiger partial charge is 0.487 e. The van der Waals surface area contributed by atoms with Crippen molar-refractivity contribution < 1.29 is 4.74 Å². The number of para-hydroxylation sites is 1. The van der Waals surface area contributed by atoms with Gasteiger partial charge in [0.15, 0.2) is 0 Å². The molecule has 0 saturated heterocycles. The Morgan fingerprint density at radius 1 is 0.800 bits per heavy atom. The van der Waals surface area contributed by atoms with Gasteiger partial charge in [-0.15, -0.1) is 10.2 Å². The van der Waals surface area contributed by atoms with Crippen molar-refractivity contribution >= 4 is 10.9 Å². The fourth-order valence-corrected chi connectivity index (χ4v) is 3.44. The molecule has 6 nitrogen and oxygen atoms in total. The second-order valence-electron chi connectivity index (χ2n) is 7.00. The zero-order valence-corrected chi connectivity index (χ0v) is 16.2. The minimum absolute atomic E-state index is 0.435. The fourth-order valence-electron chi connectivity index (χ4n) is 3.44. The van der Waals surface area contributed by atoms with E-state index in [0.29, 0.717) is 12.4 Å². The van der Waals surface area contributed by atoms with Gasteiger partial charge in [0, 0.05) is 10.9 Å². The number of rotatable bonds is 6. The van der Waals surface area contributed by atoms with E-state index in [1.165, 1.54) is 5.56 Å². The third kappa shape index (κ3) is 3.89. The predicted octanol–water partition coefficient (Wildman–Crippen LogP) is 4.58. The molecule has 0 bridgehead atoms. The molecule has 3 aromatic carbocycles. The highest BCUT2D eigenvalue weighted by Gasteiger charge is 2.09. The van der Waals surface area contributed by atoms with Gasteiger partial charge < -0.3 is 4.74 Å². The zero-order valence-electron chi connectivity index (χ0n) is 16.2. The number of hydrogen-bond donors (Lipinski definition) is 1.